The number of hydrogen-bond acceptors (Lipinski definition) is 11. The van der Waals surface area contributed by atoms with E-state index in [9.17, 15) is 14.4 Å². The van der Waals surface area contributed by atoms with E-state index in [-0.39, 0.29) is 30.1 Å². The van der Waals surface area contributed by atoms with Gasteiger partial charge in [-0.2, -0.15) is 0 Å². The van der Waals surface area contributed by atoms with Gasteiger partial charge in [0.2, 0.25) is 0 Å². The van der Waals surface area contributed by atoms with Crippen molar-refractivity contribution in [2.75, 3.05) is 72.5 Å². The lowest BCUT2D eigenvalue weighted by Crippen LogP contribution is -2.29. The molecule has 0 aliphatic rings. The van der Waals surface area contributed by atoms with Crippen LogP contribution in [0.3, 0.4) is 0 Å². The minimum Gasteiger partial charge on any atom is -0.461 e. The Labute approximate surface area is 410 Å². The Morgan fingerprint density at radius 1 is 0.403 bits per heavy atom. The molecule has 0 aromatic heterocycles. The molecule has 0 fully saturated rings. The van der Waals surface area contributed by atoms with Gasteiger partial charge in [0.05, 0.1) is 32.8 Å². The van der Waals surface area contributed by atoms with Crippen molar-refractivity contribution in [3.8, 4) is 0 Å². The molecule has 0 amide bonds. The van der Waals surface area contributed by atoms with E-state index in [2.05, 4.69) is 32.6 Å². The van der Waals surface area contributed by atoms with Gasteiger partial charge in [-0.3, -0.25) is 14.4 Å². The minimum atomic E-state index is -0.362. The fourth-order valence-electron chi connectivity index (χ4n) is 7.77. The first-order valence-electron chi connectivity index (χ1n) is 27.5. The highest BCUT2D eigenvalue weighted by molar-refractivity contribution is 5.70. The van der Waals surface area contributed by atoms with Crippen molar-refractivity contribution >= 4 is 17.9 Å². The molecule has 67 heavy (non-hydrogen) atoms. The summed E-state index contributed by atoms with van der Waals surface area (Å²) in [5, 5.41) is 0. The molecule has 11 nitrogen and oxygen atoms in total. The van der Waals surface area contributed by atoms with Crippen LogP contribution in [0.2, 0.25) is 0 Å². The molecule has 1 aromatic rings. The van der Waals surface area contributed by atoms with Crippen LogP contribution in [-0.2, 0) is 54.1 Å². The zero-order valence-corrected chi connectivity index (χ0v) is 43.6. The highest BCUT2D eigenvalue weighted by Gasteiger charge is 2.17. The van der Waals surface area contributed by atoms with Gasteiger partial charge >= 0.3 is 17.9 Å². The number of nitrogens with zero attached hydrogens (tertiary/aromatic N) is 1. The second-order valence-electron chi connectivity index (χ2n) is 18.5. The molecule has 1 aromatic carbocycles. The fourth-order valence-corrected chi connectivity index (χ4v) is 7.77. The zero-order chi connectivity index (χ0) is 48.5. The third-order valence-electron chi connectivity index (χ3n) is 12.0. The second-order valence-corrected chi connectivity index (χ2v) is 18.5. The smallest absolute Gasteiger partial charge is 0.307 e. The van der Waals surface area contributed by atoms with Gasteiger partial charge in [0, 0.05) is 45.8 Å². The second kappa shape index (κ2) is 48.5. The van der Waals surface area contributed by atoms with Gasteiger partial charge < -0.3 is 38.1 Å². The summed E-state index contributed by atoms with van der Waals surface area (Å²) in [6, 6.07) is 9.80. The van der Waals surface area contributed by atoms with E-state index >= 15 is 0 Å². The minimum absolute atomic E-state index is 0.170. The van der Waals surface area contributed by atoms with Crippen molar-refractivity contribution in [2.24, 2.45) is 0 Å². The van der Waals surface area contributed by atoms with Gasteiger partial charge in [-0.05, 0) is 70.0 Å². The molecule has 11 heteroatoms. The summed E-state index contributed by atoms with van der Waals surface area (Å²) in [4.78, 5) is 40.7. The third-order valence-corrected chi connectivity index (χ3v) is 12.0. The summed E-state index contributed by atoms with van der Waals surface area (Å²) in [6.07, 6.45) is 28.7. The summed E-state index contributed by atoms with van der Waals surface area (Å²) in [7, 11) is 0. The Morgan fingerprint density at radius 3 is 1.15 bits per heavy atom. The van der Waals surface area contributed by atoms with Crippen molar-refractivity contribution in [3.63, 3.8) is 0 Å². The normalized spacial score (nSPS) is 11.6. The molecule has 0 aliphatic carbocycles. The monoisotopic (exact) mass is 948 g/mol. The SMILES string of the molecule is CCCCCCOCC(COCCCCCC)OC(=O)CCCCCCCN(CCCCCCCC(=O)OC(COCCCCCC)COCCCCCC)CCC(=O)OCc1ccccc1. The standard InChI is InChI=1S/C56H101NO10/c1-5-9-13-30-42-61-47-52(48-62-43-31-14-10-6-2)66-55(59)36-26-19-17-21-28-39-57(41-38-54(58)65-46-51-34-24-23-25-35-51)40-29-22-18-20-27-37-56(60)67-53(49-63-44-32-15-11-7-3)50-64-45-33-16-12-8-4/h23-25,34-35,52-53H,5-22,26-33,36-50H2,1-4H3. The number of unbranched alkanes of at least 4 members (excludes halogenated alkanes) is 20. The molecular weight excluding hydrogens is 847 g/mol. The molecule has 0 unspecified atom stereocenters. The molecule has 0 N–H and O–H groups in total. The van der Waals surface area contributed by atoms with Crippen molar-refractivity contribution < 1.29 is 47.5 Å². The number of carbonyl (C=O) groups excluding carboxylic acids is 3. The number of benzene rings is 1. The maximum atomic E-state index is 12.8. The molecule has 0 saturated carbocycles. The number of hydrogen-bond donors (Lipinski definition) is 0. The van der Waals surface area contributed by atoms with Crippen LogP contribution in [0.4, 0.5) is 0 Å². The first-order valence-corrected chi connectivity index (χ1v) is 27.5. The number of carbonyl (C=O) groups is 3. The molecule has 0 radical (unpaired) electrons. The van der Waals surface area contributed by atoms with Crippen LogP contribution >= 0.6 is 0 Å². The quantitative estimate of drug-likeness (QED) is 0.0353. The maximum Gasteiger partial charge on any atom is 0.307 e. The molecule has 0 atom stereocenters. The predicted molar refractivity (Wildman–Crippen MR) is 272 cm³/mol. The lowest BCUT2D eigenvalue weighted by molar-refractivity contribution is -0.157. The lowest BCUT2D eigenvalue weighted by Gasteiger charge is -2.22. The summed E-state index contributed by atoms with van der Waals surface area (Å²) in [6.45, 7) is 15.9. The summed E-state index contributed by atoms with van der Waals surface area (Å²) >= 11 is 0. The Morgan fingerprint density at radius 2 is 0.761 bits per heavy atom. The number of ether oxygens (including phenoxy) is 7. The molecule has 390 valence electrons. The maximum absolute atomic E-state index is 12.8. The van der Waals surface area contributed by atoms with Crippen LogP contribution < -0.4 is 0 Å². The molecular formula is C56H101NO10. The van der Waals surface area contributed by atoms with Gasteiger partial charge in [-0.25, -0.2) is 0 Å². The first-order chi connectivity index (χ1) is 32.9. The molecule has 0 saturated heterocycles. The number of rotatable bonds is 51. The van der Waals surface area contributed by atoms with Gasteiger partial charge in [-0.15, -0.1) is 0 Å². The molecule has 0 heterocycles. The van der Waals surface area contributed by atoms with Gasteiger partial charge in [0.1, 0.15) is 18.8 Å². The molecule has 1 rings (SSSR count). The van der Waals surface area contributed by atoms with E-state index in [1.165, 1.54) is 51.4 Å². The van der Waals surface area contributed by atoms with Gasteiger partial charge in [-0.1, -0.05) is 174 Å². The predicted octanol–water partition coefficient (Wildman–Crippen LogP) is 13.3. The topological polar surface area (TPSA) is 119 Å². The molecule has 0 aliphatic heterocycles. The average Bonchev–Trinajstić information content (AvgIpc) is 3.33. The van der Waals surface area contributed by atoms with Crippen LogP contribution in [0.5, 0.6) is 0 Å². The Kier molecular flexibility index (Phi) is 45.2. The number of esters is 3. The highest BCUT2D eigenvalue weighted by atomic mass is 16.6. The van der Waals surface area contributed by atoms with Gasteiger partial charge in [0.15, 0.2) is 0 Å². The molecule has 0 bridgehead atoms. The average molecular weight is 948 g/mol. The van der Waals surface area contributed by atoms with Crippen LogP contribution in [0.15, 0.2) is 30.3 Å². The van der Waals surface area contributed by atoms with E-state index in [1.807, 2.05) is 30.3 Å². The summed E-state index contributed by atoms with van der Waals surface area (Å²) in [5.41, 5.74) is 0.989. The summed E-state index contributed by atoms with van der Waals surface area (Å²) < 4.78 is 40.8. The van der Waals surface area contributed by atoms with Crippen LogP contribution in [0.25, 0.3) is 0 Å². The van der Waals surface area contributed by atoms with Crippen LogP contribution in [-0.4, -0.2) is 108 Å². The Bertz CT molecular complexity index is 1140. The zero-order valence-electron chi connectivity index (χ0n) is 43.6. The third kappa shape index (κ3) is 42.1. The molecule has 0 spiro atoms. The van der Waals surface area contributed by atoms with Gasteiger partial charge in [0.25, 0.3) is 0 Å². The summed E-state index contributed by atoms with van der Waals surface area (Å²) in [5.74, 6) is -0.516. The van der Waals surface area contributed by atoms with E-state index in [0.717, 1.165) is 134 Å². The largest absolute Gasteiger partial charge is 0.461 e. The van der Waals surface area contributed by atoms with Crippen LogP contribution in [0.1, 0.15) is 219 Å². The highest BCUT2D eigenvalue weighted by Crippen LogP contribution is 2.13. The van der Waals surface area contributed by atoms with E-state index in [1.54, 1.807) is 0 Å². The van der Waals surface area contributed by atoms with Crippen molar-refractivity contribution in [3.05, 3.63) is 35.9 Å². The van der Waals surface area contributed by atoms with Crippen molar-refractivity contribution in [2.45, 2.75) is 233 Å². The Hall–Kier alpha value is -2.57. The van der Waals surface area contributed by atoms with E-state index in [4.69, 9.17) is 33.2 Å². The van der Waals surface area contributed by atoms with Crippen molar-refractivity contribution in [1.82, 2.24) is 4.90 Å². The van der Waals surface area contributed by atoms with Crippen molar-refractivity contribution in [1.29, 1.82) is 0 Å². The van der Waals surface area contributed by atoms with E-state index in [0.29, 0.717) is 85.3 Å². The first kappa shape index (κ1) is 62.4. The lowest BCUT2D eigenvalue weighted by atomic mass is 10.1. The van der Waals surface area contributed by atoms with E-state index < -0.39 is 0 Å². The Balaban J connectivity index is 2.48. The fraction of sp³-hybridized carbons (Fsp3) is 0.839. The van der Waals surface area contributed by atoms with Crippen LogP contribution in [0, 0.1) is 0 Å².